The maximum Gasteiger partial charge on any atom is 0.314 e. The normalized spacial score (nSPS) is 18.1. The third kappa shape index (κ3) is 2.50. The van der Waals surface area contributed by atoms with Crippen molar-refractivity contribution in [1.29, 1.82) is 0 Å². The number of halogens is 1. The van der Waals surface area contributed by atoms with Crippen LogP contribution in [0.4, 0.5) is 0 Å². The van der Waals surface area contributed by atoms with Crippen LogP contribution < -0.4 is 4.74 Å². The lowest BCUT2D eigenvalue weighted by atomic mass is 9.68. The number of ether oxygens (including phenoxy) is 1. The van der Waals surface area contributed by atoms with E-state index in [2.05, 4.69) is 15.9 Å². The van der Waals surface area contributed by atoms with Gasteiger partial charge in [0.15, 0.2) is 0 Å². The molecule has 0 amide bonds. The lowest BCUT2D eigenvalue weighted by Crippen LogP contribution is -2.38. The first-order valence-electron chi connectivity index (χ1n) is 6.59. The Morgan fingerprint density at radius 3 is 2.47 bits per heavy atom. The van der Waals surface area contributed by atoms with E-state index in [-0.39, 0.29) is 0 Å². The van der Waals surface area contributed by atoms with Gasteiger partial charge >= 0.3 is 5.97 Å². The van der Waals surface area contributed by atoms with Crippen molar-refractivity contribution in [2.45, 2.75) is 44.4 Å². The summed E-state index contributed by atoms with van der Waals surface area (Å²) in [6.07, 6.45) is 4.49. The standard InChI is InChI=1S/C15H19BrO3/c1-10-12(8-11(19-2)9-13(10)16)15(14(17)18)6-4-3-5-7-15/h8-9H,3-7H2,1-2H3,(H,17,18). The van der Waals surface area contributed by atoms with E-state index in [0.717, 1.165) is 34.9 Å². The van der Waals surface area contributed by atoms with Crippen LogP contribution in [-0.2, 0) is 10.2 Å². The lowest BCUT2D eigenvalue weighted by Gasteiger charge is -2.35. The van der Waals surface area contributed by atoms with Crippen LogP contribution in [0, 0.1) is 6.92 Å². The van der Waals surface area contributed by atoms with Crippen molar-refractivity contribution in [1.82, 2.24) is 0 Å². The Morgan fingerprint density at radius 2 is 1.95 bits per heavy atom. The minimum atomic E-state index is -0.751. The monoisotopic (exact) mass is 326 g/mol. The van der Waals surface area contributed by atoms with Gasteiger partial charge in [0.1, 0.15) is 5.75 Å². The maximum absolute atomic E-state index is 11.9. The summed E-state index contributed by atoms with van der Waals surface area (Å²) in [5, 5.41) is 9.76. The van der Waals surface area contributed by atoms with Gasteiger partial charge in [-0.15, -0.1) is 0 Å². The number of carboxylic acid groups (broad SMARTS) is 1. The lowest BCUT2D eigenvalue weighted by molar-refractivity contribution is -0.145. The molecule has 19 heavy (non-hydrogen) atoms. The SMILES string of the molecule is COc1cc(Br)c(C)c(C2(C(=O)O)CCCCC2)c1. The topological polar surface area (TPSA) is 46.5 Å². The smallest absolute Gasteiger partial charge is 0.314 e. The van der Waals surface area contributed by atoms with E-state index in [0.29, 0.717) is 18.6 Å². The molecular weight excluding hydrogens is 308 g/mol. The molecule has 1 aromatic carbocycles. The van der Waals surface area contributed by atoms with Crippen molar-refractivity contribution in [3.8, 4) is 5.75 Å². The van der Waals surface area contributed by atoms with Gasteiger partial charge < -0.3 is 9.84 Å². The Morgan fingerprint density at radius 1 is 1.32 bits per heavy atom. The molecule has 0 heterocycles. The molecule has 1 fully saturated rings. The first-order chi connectivity index (χ1) is 9.01. The zero-order valence-corrected chi connectivity index (χ0v) is 12.9. The van der Waals surface area contributed by atoms with Gasteiger partial charge in [-0.05, 0) is 43.0 Å². The average molecular weight is 327 g/mol. The third-order valence-corrected chi connectivity index (χ3v) is 5.01. The highest BCUT2D eigenvalue weighted by molar-refractivity contribution is 9.10. The van der Waals surface area contributed by atoms with Crippen molar-refractivity contribution in [3.05, 3.63) is 27.7 Å². The molecule has 0 unspecified atom stereocenters. The van der Waals surface area contributed by atoms with Crippen LogP contribution in [0.5, 0.6) is 5.75 Å². The number of benzene rings is 1. The van der Waals surface area contributed by atoms with Crippen LogP contribution in [0.15, 0.2) is 16.6 Å². The largest absolute Gasteiger partial charge is 0.497 e. The molecule has 4 heteroatoms. The maximum atomic E-state index is 11.9. The Kier molecular flexibility index (Phi) is 4.19. The predicted molar refractivity (Wildman–Crippen MR) is 77.8 cm³/mol. The molecule has 3 nitrogen and oxygen atoms in total. The molecule has 0 bridgehead atoms. The van der Waals surface area contributed by atoms with Crippen molar-refractivity contribution >= 4 is 21.9 Å². The van der Waals surface area contributed by atoms with Crippen LogP contribution in [0.3, 0.4) is 0 Å². The summed E-state index contributed by atoms with van der Waals surface area (Å²) in [4.78, 5) is 11.9. The third-order valence-electron chi connectivity index (χ3n) is 4.19. The number of rotatable bonds is 3. The summed E-state index contributed by atoms with van der Waals surface area (Å²) in [6.45, 7) is 1.97. The number of carboxylic acids is 1. The Labute approximate surface area is 122 Å². The molecule has 0 atom stereocenters. The van der Waals surface area contributed by atoms with Gasteiger partial charge in [0.2, 0.25) is 0 Å². The summed E-state index contributed by atoms with van der Waals surface area (Å²) in [5.74, 6) is -0.00544. The minimum Gasteiger partial charge on any atom is -0.497 e. The van der Waals surface area contributed by atoms with Gasteiger partial charge in [0.25, 0.3) is 0 Å². The van der Waals surface area contributed by atoms with E-state index in [9.17, 15) is 9.90 Å². The van der Waals surface area contributed by atoms with E-state index in [1.165, 1.54) is 0 Å². The quantitative estimate of drug-likeness (QED) is 0.911. The molecule has 1 saturated carbocycles. The Bertz CT molecular complexity index is 490. The fraction of sp³-hybridized carbons (Fsp3) is 0.533. The summed E-state index contributed by atoms with van der Waals surface area (Å²) in [7, 11) is 1.61. The van der Waals surface area contributed by atoms with Crippen molar-refractivity contribution in [2.75, 3.05) is 7.11 Å². The number of carbonyl (C=O) groups is 1. The second-order valence-corrected chi connectivity index (χ2v) is 6.08. The molecule has 0 aromatic heterocycles. The molecule has 0 radical (unpaired) electrons. The molecule has 1 aliphatic carbocycles. The molecule has 1 aliphatic rings. The van der Waals surface area contributed by atoms with Gasteiger partial charge in [-0.25, -0.2) is 0 Å². The molecule has 104 valence electrons. The summed E-state index contributed by atoms with van der Waals surface area (Å²) >= 11 is 3.50. The van der Waals surface area contributed by atoms with Crippen LogP contribution in [0.2, 0.25) is 0 Å². The van der Waals surface area contributed by atoms with Gasteiger partial charge in [-0.2, -0.15) is 0 Å². The van der Waals surface area contributed by atoms with Crippen LogP contribution in [0.1, 0.15) is 43.2 Å². The van der Waals surface area contributed by atoms with Crippen LogP contribution in [-0.4, -0.2) is 18.2 Å². The van der Waals surface area contributed by atoms with Gasteiger partial charge in [0.05, 0.1) is 12.5 Å². The Balaban J connectivity index is 2.59. The van der Waals surface area contributed by atoms with Crippen molar-refractivity contribution < 1.29 is 14.6 Å². The van der Waals surface area contributed by atoms with E-state index in [1.807, 2.05) is 19.1 Å². The zero-order chi connectivity index (χ0) is 14.0. The number of methoxy groups -OCH3 is 1. The first kappa shape index (κ1) is 14.4. The summed E-state index contributed by atoms with van der Waals surface area (Å²) in [5.41, 5.74) is 1.15. The zero-order valence-electron chi connectivity index (χ0n) is 11.3. The van der Waals surface area contributed by atoms with Crippen LogP contribution in [0.25, 0.3) is 0 Å². The molecule has 1 N–H and O–H groups in total. The second kappa shape index (κ2) is 5.53. The van der Waals surface area contributed by atoms with Gasteiger partial charge in [0, 0.05) is 4.47 Å². The fourth-order valence-electron chi connectivity index (χ4n) is 3.02. The summed E-state index contributed by atoms with van der Waals surface area (Å²) in [6, 6.07) is 3.77. The number of hydrogen-bond donors (Lipinski definition) is 1. The first-order valence-corrected chi connectivity index (χ1v) is 7.38. The van der Waals surface area contributed by atoms with E-state index < -0.39 is 11.4 Å². The molecule has 1 aromatic rings. The van der Waals surface area contributed by atoms with Crippen molar-refractivity contribution in [2.24, 2.45) is 0 Å². The van der Waals surface area contributed by atoms with Gasteiger partial charge in [-0.3, -0.25) is 4.79 Å². The molecular formula is C15H19BrO3. The predicted octanol–water partition coefficient (Wildman–Crippen LogP) is 4.05. The second-order valence-electron chi connectivity index (χ2n) is 5.23. The number of aliphatic carboxylic acids is 1. The highest BCUT2D eigenvalue weighted by Crippen LogP contribution is 2.43. The van der Waals surface area contributed by atoms with Crippen molar-refractivity contribution in [3.63, 3.8) is 0 Å². The van der Waals surface area contributed by atoms with E-state index in [4.69, 9.17) is 4.74 Å². The van der Waals surface area contributed by atoms with Gasteiger partial charge in [-0.1, -0.05) is 35.2 Å². The van der Waals surface area contributed by atoms with Crippen LogP contribution >= 0.6 is 15.9 Å². The molecule has 0 aliphatic heterocycles. The number of hydrogen-bond acceptors (Lipinski definition) is 2. The van der Waals surface area contributed by atoms with E-state index >= 15 is 0 Å². The molecule has 0 saturated heterocycles. The molecule has 2 rings (SSSR count). The Hall–Kier alpha value is -1.03. The highest BCUT2D eigenvalue weighted by Gasteiger charge is 2.42. The highest BCUT2D eigenvalue weighted by atomic mass is 79.9. The van der Waals surface area contributed by atoms with E-state index in [1.54, 1.807) is 7.11 Å². The average Bonchev–Trinajstić information content (AvgIpc) is 2.42. The fourth-order valence-corrected chi connectivity index (χ4v) is 3.46. The summed E-state index contributed by atoms with van der Waals surface area (Å²) < 4.78 is 6.19. The minimum absolute atomic E-state index is 0.707. The molecule has 0 spiro atoms.